The summed E-state index contributed by atoms with van der Waals surface area (Å²) < 4.78 is 23.7. The molecule has 374 valence electrons. The predicted molar refractivity (Wildman–Crippen MR) is 272 cm³/mol. The lowest BCUT2D eigenvalue weighted by Gasteiger charge is -2.25. The minimum absolute atomic E-state index is 0.0587. The molecule has 0 rings (SSSR count). The van der Waals surface area contributed by atoms with E-state index >= 15 is 0 Å². The number of carbonyl (C=O) groups excluding carboxylic acids is 1. The Kier molecular flexibility index (Phi) is 45.4. The van der Waals surface area contributed by atoms with Gasteiger partial charge in [0.15, 0.2) is 0 Å². The zero-order chi connectivity index (χ0) is 46.4. The van der Waals surface area contributed by atoms with Crippen LogP contribution >= 0.6 is 7.82 Å². The maximum Gasteiger partial charge on any atom is 0.472 e. The topological polar surface area (TPSA) is 105 Å². The van der Waals surface area contributed by atoms with E-state index < -0.39 is 20.0 Å². The SMILES string of the molecule is CCCCCCCCCCCCCCCCCC/C=C/CC/C=C/C(O)C(COP(=O)(O)OCC[N+](C)(C)C)NC(=O)CCCCCCCCCCCCCCCCCCCCC. The first kappa shape index (κ1) is 62.0. The molecule has 9 heteroatoms. The third kappa shape index (κ3) is 48.7. The number of carbonyl (C=O) groups is 1. The third-order valence-corrected chi connectivity index (χ3v) is 13.4. The van der Waals surface area contributed by atoms with E-state index in [4.69, 9.17) is 9.05 Å². The summed E-state index contributed by atoms with van der Waals surface area (Å²) in [6, 6.07) is -0.859. The largest absolute Gasteiger partial charge is 0.472 e. The molecular weight excluding hydrogens is 804 g/mol. The van der Waals surface area contributed by atoms with Gasteiger partial charge in [-0.05, 0) is 32.1 Å². The number of phosphoric acid groups is 1. The lowest BCUT2D eigenvalue weighted by Crippen LogP contribution is -2.45. The fraction of sp³-hybridized carbons (Fsp3) is 0.907. The molecule has 0 aliphatic carbocycles. The number of hydrogen-bond acceptors (Lipinski definition) is 5. The fourth-order valence-electron chi connectivity index (χ4n) is 8.12. The molecule has 3 atom stereocenters. The number of quaternary nitrogens is 1. The molecule has 0 bridgehead atoms. The van der Waals surface area contributed by atoms with E-state index in [0.717, 1.165) is 38.5 Å². The van der Waals surface area contributed by atoms with Crippen LogP contribution < -0.4 is 5.32 Å². The molecule has 3 N–H and O–H groups in total. The number of likely N-dealkylation sites (N-methyl/N-ethyl adjacent to an activating group) is 1. The average Bonchev–Trinajstić information content (AvgIpc) is 3.24. The number of amides is 1. The fourth-order valence-corrected chi connectivity index (χ4v) is 8.85. The van der Waals surface area contributed by atoms with Crippen molar-refractivity contribution < 1.29 is 32.9 Å². The van der Waals surface area contributed by atoms with Crippen molar-refractivity contribution in [2.75, 3.05) is 40.9 Å². The first-order valence-electron chi connectivity index (χ1n) is 27.2. The van der Waals surface area contributed by atoms with Gasteiger partial charge in [-0.1, -0.05) is 250 Å². The van der Waals surface area contributed by atoms with Crippen LogP contribution in [0.5, 0.6) is 0 Å². The van der Waals surface area contributed by atoms with E-state index in [1.165, 1.54) is 205 Å². The zero-order valence-electron chi connectivity index (χ0n) is 42.6. The standard InChI is InChI=1S/C54H107N2O6P/c1-6-8-10-12-14-16-18-20-22-24-26-27-28-30-31-33-35-37-39-41-43-45-47-53(57)52(51-62-63(59,60)61-50-49-56(3,4)5)55-54(58)48-46-44-42-40-38-36-34-32-29-25-23-21-19-17-15-13-11-9-7-2/h37,39,45,47,52-53,57H,6-36,38,40-44,46,48-51H2,1-5H3,(H-,55,58,59,60)/p+1/b39-37+,47-45+. The van der Waals surface area contributed by atoms with Crippen LogP contribution in [0.3, 0.4) is 0 Å². The summed E-state index contributed by atoms with van der Waals surface area (Å²) in [6.07, 6.45) is 57.0. The van der Waals surface area contributed by atoms with E-state index in [-0.39, 0.29) is 19.1 Å². The van der Waals surface area contributed by atoms with Crippen LogP contribution in [0, 0.1) is 0 Å². The normalized spacial score (nSPS) is 14.2. The molecule has 63 heavy (non-hydrogen) atoms. The zero-order valence-corrected chi connectivity index (χ0v) is 43.5. The molecule has 0 spiro atoms. The number of nitrogens with one attached hydrogen (secondary N) is 1. The number of phosphoric ester groups is 1. The highest BCUT2D eigenvalue weighted by Gasteiger charge is 2.27. The molecule has 8 nitrogen and oxygen atoms in total. The van der Waals surface area contributed by atoms with Crippen molar-refractivity contribution in [3.05, 3.63) is 24.3 Å². The minimum Gasteiger partial charge on any atom is -0.387 e. The Hall–Kier alpha value is -1.02. The van der Waals surface area contributed by atoms with Crippen molar-refractivity contribution in [3.8, 4) is 0 Å². The summed E-state index contributed by atoms with van der Waals surface area (Å²) in [5.41, 5.74) is 0. The van der Waals surface area contributed by atoms with Gasteiger partial charge in [0.2, 0.25) is 5.91 Å². The molecule has 0 heterocycles. The Labute approximate surface area is 392 Å². The van der Waals surface area contributed by atoms with Gasteiger partial charge in [-0.2, -0.15) is 0 Å². The molecule has 0 aromatic heterocycles. The van der Waals surface area contributed by atoms with Gasteiger partial charge < -0.3 is 19.8 Å². The number of aliphatic hydroxyl groups is 1. The van der Waals surface area contributed by atoms with Crippen molar-refractivity contribution in [1.29, 1.82) is 0 Å². The van der Waals surface area contributed by atoms with Crippen molar-refractivity contribution in [3.63, 3.8) is 0 Å². The second-order valence-electron chi connectivity index (χ2n) is 20.0. The van der Waals surface area contributed by atoms with Gasteiger partial charge >= 0.3 is 7.82 Å². The van der Waals surface area contributed by atoms with Crippen LogP contribution in [0.4, 0.5) is 0 Å². The molecule has 0 saturated carbocycles. The van der Waals surface area contributed by atoms with Gasteiger partial charge in [-0.3, -0.25) is 13.8 Å². The number of hydrogen-bond donors (Lipinski definition) is 3. The van der Waals surface area contributed by atoms with Crippen LogP contribution in [0.1, 0.15) is 264 Å². The van der Waals surface area contributed by atoms with Gasteiger partial charge in [0.1, 0.15) is 13.2 Å². The van der Waals surface area contributed by atoms with Crippen LogP contribution in [0.25, 0.3) is 0 Å². The summed E-state index contributed by atoms with van der Waals surface area (Å²) in [5.74, 6) is -0.182. The number of rotatable bonds is 50. The van der Waals surface area contributed by atoms with Gasteiger partial charge in [0, 0.05) is 6.42 Å². The molecule has 0 fully saturated rings. The van der Waals surface area contributed by atoms with Crippen LogP contribution in [0.15, 0.2) is 24.3 Å². The van der Waals surface area contributed by atoms with Gasteiger partial charge in [-0.25, -0.2) is 4.57 Å². The molecule has 0 aromatic rings. The first-order chi connectivity index (χ1) is 30.5. The van der Waals surface area contributed by atoms with Crippen LogP contribution in [-0.4, -0.2) is 73.4 Å². The average molecular weight is 912 g/mol. The molecule has 0 aliphatic rings. The maximum atomic E-state index is 12.9. The molecular formula is C54H108N2O6P+. The molecule has 0 aromatic carbocycles. The monoisotopic (exact) mass is 912 g/mol. The summed E-state index contributed by atoms with van der Waals surface area (Å²) in [7, 11) is 1.57. The maximum absolute atomic E-state index is 12.9. The molecule has 3 unspecified atom stereocenters. The van der Waals surface area contributed by atoms with Crippen molar-refractivity contribution in [2.24, 2.45) is 0 Å². The Balaban J connectivity index is 4.29. The first-order valence-corrected chi connectivity index (χ1v) is 28.7. The molecule has 1 amide bonds. The van der Waals surface area contributed by atoms with Crippen molar-refractivity contribution in [2.45, 2.75) is 276 Å². The van der Waals surface area contributed by atoms with Gasteiger partial charge in [-0.15, -0.1) is 0 Å². The Morgan fingerprint density at radius 1 is 0.524 bits per heavy atom. The molecule has 0 saturated heterocycles. The Morgan fingerprint density at radius 2 is 0.873 bits per heavy atom. The second kappa shape index (κ2) is 46.1. The Morgan fingerprint density at radius 3 is 1.27 bits per heavy atom. The summed E-state index contributed by atoms with van der Waals surface area (Å²) in [5, 5.41) is 13.9. The van der Waals surface area contributed by atoms with Crippen LogP contribution in [0.2, 0.25) is 0 Å². The predicted octanol–water partition coefficient (Wildman–Crippen LogP) is 16.0. The summed E-state index contributed by atoms with van der Waals surface area (Å²) in [6.45, 7) is 4.83. The van der Waals surface area contributed by atoms with E-state index in [1.54, 1.807) is 6.08 Å². The third-order valence-electron chi connectivity index (χ3n) is 12.4. The second-order valence-corrected chi connectivity index (χ2v) is 21.4. The highest BCUT2D eigenvalue weighted by atomic mass is 31.2. The summed E-state index contributed by atoms with van der Waals surface area (Å²) in [4.78, 5) is 23.2. The molecule has 0 aliphatic heterocycles. The Bertz CT molecular complexity index is 1080. The number of nitrogens with zero attached hydrogens (tertiary/aromatic N) is 1. The van der Waals surface area contributed by atoms with Crippen molar-refractivity contribution in [1.82, 2.24) is 5.32 Å². The van der Waals surface area contributed by atoms with Crippen LogP contribution in [-0.2, 0) is 18.4 Å². The highest BCUT2D eigenvalue weighted by Crippen LogP contribution is 2.43. The van der Waals surface area contributed by atoms with E-state index in [1.807, 2.05) is 27.2 Å². The smallest absolute Gasteiger partial charge is 0.387 e. The number of unbranched alkanes of at least 4 members (excludes halogenated alkanes) is 35. The van der Waals surface area contributed by atoms with Crippen molar-refractivity contribution >= 4 is 13.7 Å². The lowest BCUT2D eigenvalue weighted by atomic mass is 10.0. The van der Waals surface area contributed by atoms with Gasteiger partial charge in [0.05, 0.1) is 39.9 Å². The minimum atomic E-state index is -4.35. The van der Waals surface area contributed by atoms with E-state index in [0.29, 0.717) is 17.4 Å². The van der Waals surface area contributed by atoms with E-state index in [2.05, 4.69) is 31.3 Å². The summed E-state index contributed by atoms with van der Waals surface area (Å²) >= 11 is 0. The highest BCUT2D eigenvalue weighted by molar-refractivity contribution is 7.47. The number of allylic oxidation sites excluding steroid dienone is 3. The van der Waals surface area contributed by atoms with Gasteiger partial charge in [0.25, 0.3) is 0 Å². The lowest BCUT2D eigenvalue weighted by molar-refractivity contribution is -0.870. The quantitative estimate of drug-likeness (QED) is 0.0243. The number of aliphatic hydroxyl groups excluding tert-OH is 1. The molecule has 0 radical (unpaired) electrons. The van der Waals surface area contributed by atoms with E-state index in [9.17, 15) is 19.4 Å².